The van der Waals surface area contributed by atoms with E-state index in [1.807, 2.05) is 51.1 Å². The highest BCUT2D eigenvalue weighted by Crippen LogP contribution is 2.56. The highest BCUT2D eigenvalue weighted by molar-refractivity contribution is 6.00. The number of nitrogens with zero attached hydrogens (tertiary/aromatic N) is 1. The highest BCUT2D eigenvalue weighted by atomic mass is 16.8. The second kappa shape index (κ2) is 18.9. The van der Waals surface area contributed by atoms with Crippen LogP contribution in [0.5, 0.6) is 0 Å². The van der Waals surface area contributed by atoms with Gasteiger partial charge in [0.05, 0.1) is 14.2 Å². The lowest BCUT2D eigenvalue weighted by Gasteiger charge is -2.49. The van der Waals surface area contributed by atoms with Gasteiger partial charge in [-0.3, -0.25) is 4.79 Å². The number of methoxy groups -OCH3 is 2. The molecule has 1 aromatic rings. The van der Waals surface area contributed by atoms with E-state index in [9.17, 15) is 34.2 Å². The minimum Gasteiger partial charge on any atom is -0.467 e. The molecule has 0 amide bonds. The molecule has 55 heavy (non-hydrogen) atoms. The number of carbonyl (C=O) groups excluding carboxylic acids is 5. The van der Waals surface area contributed by atoms with E-state index in [2.05, 4.69) is 13.5 Å². The molecule has 0 radical (unpaired) electrons. The maximum atomic E-state index is 14.0. The molecule has 2 fully saturated rings. The molecule has 0 saturated carbocycles. The van der Waals surface area contributed by atoms with Crippen molar-refractivity contribution in [2.24, 2.45) is 17.8 Å². The quantitative estimate of drug-likeness (QED) is 0.0421. The van der Waals surface area contributed by atoms with Gasteiger partial charge in [-0.1, -0.05) is 77.1 Å². The smallest absolute Gasteiger partial charge is 0.348 e. The molecule has 15 heteroatoms. The average molecular weight is 775 g/mol. The summed E-state index contributed by atoms with van der Waals surface area (Å²) in [7, 11) is 4.81. The Balaban J connectivity index is 2.16. The minimum atomic E-state index is -3.47. The second-order valence-electron chi connectivity index (χ2n) is 14.6. The zero-order valence-electron chi connectivity index (χ0n) is 33.1. The van der Waals surface area contributed by atoms with Gasteiger partial charge in [0.25, 0.3) is 5.60 Å². The normalized spacial score (nSPS) is 27.9. The molecule has 0 spiro atoms. The van der Waals surface area contributed by atoms with Gasteiger partial charge in [0, 0.05) is 25.3 Å². The molecule has 2 saturated heterocycles. The van der Waals surface area contributed by atoms with Crippen molar-refractivity contribution in [1.82, 2.24) is 0 Å². The van der Waals surface area contributed by atoms with Gasteiger partial charge in [-0.05, 0) is 42.2 Å². The lowest BCUT2D eigenvalue weighted by atomic mass is 9.74. The molecule has 0 aliphatic carbocycles. The summed E-state index contributed by atoms with van der Waals surface area (Å²) in [5, 5.41) is 24.5. The third-order valence-electron chi connectivity index (χ3n) is 10.00. The zero-order valence-corrected chi connectivity index (χ0v) is 33.1. The van der Waals surface area contributed by atoms with Gasteiger partial charge >= 0.3 is 36.2 Å². The van der Waals surface area contributed by atoms with Gasteiger partial charge < -0.3 is 43.4 Å². The van der Waals surface area contributed by atoms with Crippen molar-refractivity contribution in [1.29, 1.82) is 0 Å². The van der Waals surface area contributed by atoms with Gasteiger partial charge in [-0.25, -0.2) is 23.8 Å². The van der Waals surface area contributed by atoms with Crippen LogP contribution in [0.4, 0.5) is 0 Å². The van der Waals surface area contributed by atoms with Crippen molar-refractivity contribution >= 4 is 36.2 Å². The molecule has 304 valence electrons. The molecule has 3 rings (SSSR count). The summed E-state index contributed by atoms with van der Waals surface area (Å²) in [6.45, 7) is 13.3. The van der Waals surface area contributed by atoms with Gasteiger partial charge in [0.2, 0.25) is 17.5 Å². The molecule has 10 atom stereocenters. The molecule has 2 heterocycles. The highest BCUT2D eigenvalue weighted by Gasteiger charge is 2.86. The van der Waals surface area contributed by atoms with Crippen LogP contribution in [0, 0.1) is 17.8 Å². The number of benzene rings is 1. The Hall–Kier alpha value is -4.44. The largest absolute Gasteiger partial charge is 0.467 e. The molecule has 2 aliphatic rings. The number of esters is 5. The molecule has 0 aromatic heterocycles. The molecule has 2 bridgehead atoms. The number of aliphatic hydroxyl groups excluding tert-OH is 1. The first-order valence-electron chi connectivity index (χ1n) is 18.3. The monoisotopic (exact) mass is 774 g/mol. The zero-order chi connectivity index (χ0) is 41.3. The number of hydrogen-bond donors (Lipinski definition) is 2. The van der Waals surface area contributed by atoms with Crippen molar-refractivity contribution in [2.75, 3.05) is 28.3 Å². The Morgan fingerprint density at radius 1 is 1.04 bits per heavy atom. The number of rotatable bonds is 18. The van der Waals surface area contributed by atoms with Crippen LogP contribution in [0.25, 0.3) is 0 Å². The van der Waals surface area contributed by atoms with E-state index in [1.54, 1.807) is 6.08 Å². The van der Waals surface area contributed by atoms with Gasteiger partial charge in [0.15, 0.2) is 6.10 Å². The van der Waals surface area contributed by atoms with E-state index in [0.29, 0.717) is 17.9 Å². The van der Waals surface area contributed by atoms with E-state index < -0.39 is 77.7 Å². The van der Waals surface area contributed by atoms with E-state index >= 15 is 0 Å². The van der Waals surface area contributed by atoms with Crippen LogP contribution in [0.3, 0.4) is 0 Å². The number of ether oxygens (including phenoxy) is 7. The Labute approximate surface area is 322 Å². The summed E-state index contributed by atoms with van der Waals surface area (Å²) in [5.74, 6) is -8.67. The van der Waals surface area contributed by atoms with Crippen molar-refractivity contribution in [2.45, 2.75) is 108 Å². The maximum absolute atomic E-state index is 14.0. The Morgan fingerprint density at radius 2 is 1.67 bits per heavy atom. The van der Waals surface area contributed by atoms with Crippen LogP contribution in [-0.4, -0.2) is 121 Å². The van der Waals surface area contributed by atoms with Crippen LogP contribution < -0.4 is 0 Å². The topological polar surface area (TPSA) is 193 Å². The van der Waals surface area contributed by atoms with Crippen LogP contribution in [-0.2, 0) is 63.6 Å². The fourth-order valence-electron chi connectivity index (χ4n) is 7.07. The third kappa shape index (κ3) is 9.69. The third-order valence-corrected chi connectivity index (χ3v) is 10.00. The summed E-state index contributed by atoms with van der Waals surface area (Å²) in [6, 6.07) is 9.48. The van der Waals surface area contributed by atoms with E-state index in [1.165, 1.54) is 25.6 Å². The lowest BCUT2D eigenvalue weighted by molar-refractivity contribution is -0.467. The average Bonchev–Trinajstić information content (AvgIpc) is 3.36. The van der Waals surface area contributed by atoms with Crippen molar-refractivity contribution in [3.63, 3.8) is 0 Å². The number of aliphatic hydroxyl groups is 2. The first-order chi connectivity index (χ1) is 25.8. The Morgan fingerprint density at radius 3 is 2.24 bits per heavy atom. The van der Waals surface area contributed by atoms with Gasteiger partial charge in [-0.15, -0.1) is 0 Å². The van der Waals surface area contributed by atoms with Gasteiger partial charge in [0.1, 0.15) is 26.3 Å². The van der Waals surface area contributed by atoms with Crippen LogP contribution in [0.1, 0.15) is 65.9 Å². The minimum absolute atomic E-state index is 0.0738. The molecule has 1 aromatic carbocycles. The summed E-state index contributed by atoms with van der Waals surface area (Å²) >= 11 is 0. The van der Waals surface area contributed by atoms with Crippen LogP contribution >= 0.6 is 0 Å². The van der Waals surface area contributed by atoms with Crippen LogP contribution in [0.15, 0.2) is 54.6 Å². The van der Waals surface area contributed by atoms with E-state index in [4.69, 9.17) is 33.2 Å². The Bertz CT molecular complexity index is 1620. The van der Waals surface area contributed by atoms with Crippen LogP contribution in [0.2, 0.25) is 0 Å². The number of carbonyl (C=O) groups is 5. The standard InChI is InChI=1S/C40H56NO14/c1-11-24(2)21-25(3)17-18-30(43)53-33-32(44)38(20-19-26(4)31(52-28(6)42)27(5)22-29-15-13-12-14-16-29)54-34(35(45)51-23-41(7)8)39(48,36(46)49-9)40(33,55-38)37(47)50-10/h12-18,23-25,27,31-34,44,48H,4,11,19-22H2,1-3,5-10H3/q+1/b18-17+/t24-,25+,27+,31+,32+,33+,34+,38-,39+,40-/m0/s1. The fraction of sp³-hybridized carbons (Fsp3) is 0.600. The summed E-state index contributed by atoms with van der Waals surface area (Å²) in [4.78, 5) is 67.1. The number of hydrogen-bond acceptors (Lipinski definition) is 14. The van der Waals surface area contributed by atoms with E-state index in [0.717, 1.165) is 45.1 Å². The molecule has 2 aliphatic heterocycles. The lowest BCUT2D eigenvalue weighted by Crippen LogP contribution is -2.78. The van der Waals surface area contributed by atoms with Crippen molar-refractivity contribution in [3.05, 3.63) is 60.2 Å². The van der Waals surface area contributed by atoms with Crippen molar-refractivity contribution in [3.8, 4) is 0 Å². The molecular weight excluding hydrogens is 718 g/mol. The molecule has 0 unspecified atom stereocenters. The first kappa shape index (κ1) is 45.0. The maximum Gasteiger partial charge on any atom is 0.348 e. The van der Waals surface area contributed by atoms with E-state index in [-0.39, 0.29) is 18.3 Å². The second-order valence-corrected chi connectivity index (χ2v) is 14.6. The number of fused-ring (bicyclic) bond motifs is 2. The Kier molecular flexibility index (Phi) is 15.5. The predicted octanol–water partition coefficient (Wildman–Crippen LogP) is 2.82. The molecule has 2 N–H and O–H groups in total. The SMILES string of the molecule is C=C(CC[C@]12O[C@H](C(=O)OC=[N+](C)C)[C@@](O)(C(=O)OC)[C@](C(=O)OC)(O1)[C@H](OC(=O)/C=C/[C@@H](C)C[C@@H](C)CC)[C@H]2O)[C@@H](OC(C)=O)[C@H](C)Cc1ccccc1. The molecule has 15 nitrogen and oxygen atoms in total. The van der Waals surface area contributed by atoms with Gasteiger partial charge in [-0.2, -0.15) is 0 Å². The predicted molar refractivity (Wildman–Crippen MR) is 196 cm³/mol. The van der Waals surface area contributed by atoms with Crippen molar-refractivity contribution < 1.29 is 71.9 Å². The molecular formula is C40H56NO14+. The first-order valence-corrected chi connectivity index (χ1v) is 18.3. The summed E-state index contributed by atoms with van der Waals surface area (Å²) in [5.41, 5.74) is -5.31. The summed E-state index contributed by atoms with van der Waals surface area (Å²) < 4.78 is 40.1. The summed E-state index contributed by atoms with van der Waals surface area (Å²) in [6.07, 6.45) is -2.47. The number of allylic oxidation sites excluding steroid dienone is 1. The fourth-order valence-corrected chi connectivity index (χ4v) is 7.07.